The van der Waals surface area contributed by atoms with Gasteiger partial charge in [0.25, 0.3) is 0 Å². The van der Waals surface area contributed by atoms with Gasteiger partial charge in [-0.2, -0.15) is 36.4 Å². The number of aromatic nitrogens is 4. The third-order valence-corrected chi connectivity index (χ3v) is 9.74. The molecule has 1 aromatic carbocycles. The van der Waals surface area contributed by atoms with E-state index in [9.17, 15) is 36.2 Å². The van der Waals surface area contributed by atoms with Gasteiger partial charge in [-0.05, 0) is 49.9 Å². The molecule has 53 heavy (non-hydrogen) atoms. The summed E-state index contributed by atoms with van der Waals surface area (Å²) in [4.78, 5) is 30.8. The van der Waals surface area contributed by atoms with Gasteiger partial charge in [-0.15, -0.1) is 0 Å². The van der Waals surface area contributed by atoms with Crippen LogP contribution in [-0.2, 0) is 35.5 Å². The Kier molecular flexibility index (Phi) is 12.2. The molecule has 2 aromatic heterocycles. The highest BCUT2D eigenvalue weighted by atomic mass is 35.5. The highest BCUT2D eigenvalue weighted by Crippen LogP contribution is 2.38. The number of hydrogen-bond acceptors (Lipinski definition) is 10. The Morgan fingerprint density at radius 3 is 2.36 bits per heavy atom. The molecule has 3 N–H and O–H groups in total. The quantitative estimate of drug-likeness (QED) is 0.174. The maximum absolute atomic E-state index is 13.9. The van der Waals surface area contributed by atoms with Crippen LogP contribution in [0.15, 0.2) is 48.0 Å². The normalized spacial score (nSPS) is 19.9. The van der Waals surface area contributed by atoms with Crippen molar-refractivity contribution >= 4 is 41.1 Å². The molecule has 3 aromatic rings. The van der Waals surface area contributed by atoms with Crippen molar-refractivity contribution in [2.24, 2.45) is 23.7 Å². The zero-order chi connectivity index (χ0) is 38.7. The van der Waals surface area contributed by atoms with Crippen molar-refractivity contribution in [1.82, 2.24) is 24.6 Å². The molecule has 0 amide bonds. The lowest BCUT2D eigenvalue weighted by Crippen LogP contribution is -2.42. The number of carboxylic acids is 1. The summed E-state index contributed by atoms with van der Waals surface area (Å²) in [5.41, 5.74) is 4.00. The molecule has 2 aliphatic rings. The Morgan fingerprint density at radius 1 is 1.15 bits per heavy atom. The summed E-state index contributed by atoms with van der Waals surface area (Å²) in [7, 11) is 3.23. The molecular formula is C34H40ClF6N9O3. The molecule has 3 atom stereocenters. The van der Waals surface area contributed by atoms with Crippen LogP contribution in [-0.4, -0.2) is 93.5 Å². The van der Waals surface area contributed by atoms with Gasteiger partial charge in [-0.1, -0.05) is 11.6 Å². The number of allylic oxidation sites excluding steroid dienone is 1. The van der Waals surface area contributed by atoms with Crippen molar-refractivity contribution in [3.8, 4) is 0 Å². The topological polar surface area (TPSA) is 138 Å². The fourth-order valence-electron chi connectivity index (χ4n) is 6.72. The lowest BCUT2D eigenvalue weighted by Gasteiger charge is -2.33. The third-order valence-electron chi connectivity index (χ3n) is 9.47. The second kappa shape index (κ2) is 16.3. The van der Waals surface area contributed by atoms with Crippen molar-refractivity contribution in [1.29, 1.82) is 0 Å². The molecule has 2 saturated heterocycles. The predicted molar refractivity (Wildman–Crippen MR) is 186 cm³/mol. The fraction of sp³-hybridized carbons (Fsp3) is 0.500. The number of rotatable bonds is 12. The van der Waals surface area contributed by atoms with Crippen molar-refractivity contribution in [3.05, 3.63) is 70.3 Å². The maximum atomic E-state index is 13.9. The van der Waals surface area contributed by atoms with Crippen LogP contribution in [0.5, 0.6) is 0 Å². The number of halogens is 7. The van der Waals surface area contributed by atoms with E-state index >= 15 is 0 Å². The minimum absolute atomic E-state index is 0.104. The van der Waals surface area contributed by atoms with Gasteiger partial charge < -0.3 is 25.4 Å². The first-order valence-corrected chi connectivity index (χ1v) is 17.1. The van der Waals surface area contributed by atoms with Crippen LogP contribution in [0.25, 0.3) is 5.57 Å². The first-order valence-electron chi connectivity index (χ1n) is 16.7. The Morgan fingerprint density at radius 2 is 1.81 bits per heavy atom. The van der Waals surface area contributed by atoms with Crippen LogP contribution < -0.4 is 15.5 Å². The van der Waals surface area contributed by atoms with Gasteiger partial charge in [0.05, 0.1) is 48.3 Å². The minimum Gasteiger partial charge on any atom is -0.481 e. The number of aliphatic carboxylic acids is 1. The van der Waals surface area contributed by atoms with Gasteiger partial charge >= 0.3 is 18.3 Å². The molecular weight excluding hydrogens is 732 g/mol. The van der Waals surface area contributed by atoms with Crippen LogP contribution in [0.4, 0.5) is 38.1 Å². The molecule has 19 heteroatoms. The lowest BCUT2D eigenvalue weighted by atomic mass is 9.97. The van der Waals surface area contributed by atoms with Crippen molar-refractivity contribution in [2.45, 2.75) is 63.3 Å². The second-order valence-corrected chi connectivity index (χ2v) is 13.5. The lowest BCUT2D eigenvalue weighted by molar-refractivity contribution is -0.144. The molecule has 2 fully saturated rings. The van der Waals surface area contributed by atoms with Gasteiger partial charge in [0.1, 0.15) is 5.02 Å². The van der Waals surface area contributed by atoms with Gasteiger partial charge in [0.2, 0.25) is 5.95 Å². The van der Waals surface area contributed by atoms with Crippen LogP contribution in [0.2, 0.25) is 5.02 Å². The average molecular weight is 772 g/mol. The average Bonchev–Trinajstić information content (AvgIpc) is 3.73. The van der Waals surface area contributed by atoms with E-state index in [4.69, 9.17) is 27.1 Å². The number of carboxylic acid groups (broad SMARTS) is 1. The number of ether oxygens (including phenoxy) is 1. The van der Waals surface area contributed by atoms with Crippen LogP contribution in [0.3, 0.4) is 0 Å². The van der Waals surface area contributed by atoms with Crippen molar-refractivity contribution < 1.29 is 41.0 Å². The number of carbonyl (C=O) groups is 1. The van der Waals surface area contributed by atoms with E-state index < -0.39 is 47.6 Å². The molecule has 0 bridgehead atoms. The van der Waals surface area contributed by atoms with Gasteiger partial charge in [-0.3, -0.25) is 19.4 Å². The number of anilines is 2. The zero-order valence-corrected chi connectivity index (χ0v) is 29.9. The molecule has 0 spiro atoms. The van der Waals surface area contributed by atoms with E-state index in [0.29, 0.717) is 55.3 Å². The highest BCUT2D eigenvalue weighted by molar-refractivity contribution is 6.32. The number of methoxy groups -OCH3 is 1. The molecule has 2 aliphatic heterocycles. The Bertz CT molecular complexity index is 1780. The second-order valence-electron chi connectivity index (χ2n) is 13.1. The fourth-order valence-corrected chi connectivity index (χ4v) is 6.92. The first kappa shape index (κ1) is 39.8. The number of hydrogen-bond donors (Lipinski definition) is 2. The van der Waals surface area contributed by atoms with E-state index in [1.807, 2.05) is 9.80 Å². The summed E-state index contributed by atoms with van der Waals surface area (Å²) in [6.45, 7) is 2.61. The number of benzene rings is 1. The van der Waals surface area contributed by atoms with Crippen LogP contribution in [0, 0.1) is 5.92 Å². The number of nitrogens with zero attached hydrogens (tertiary/aromatic N) is 8. The standard InChI is InChI=1S/C34H40ClF6N9O3/c1-20(43-13-23(12-42)24-14-45-47(2)17-24)49(16-21-8-25(33(36,37)38)10-26(9-21)34(39,40)41)27-11-28(19-53-3)50(18-27)30-29(35)15-44-32(46-30)48-6-4-22(5-7-48)31(51)52/h8-10,12-15,17,20,22,27-28H,4-7,11,16,18-19,42H2,1-3H3,(H,51,52)/b23-12+,43-13?. The number of piperidine rings is 1. The molecule has 4 heterocycles. The summed E-state index contributed by atoms with van der Waals surface area (Å²) >= 11 is 6.67. The number of aliphatic imine (C=N–C) groups is 1. The van der Waals surface area contributed by atoms with E-state index in [2.05, 4.69) is 15.1 Å². The van der Waals surface area contributed by atoms with Gasteiger partial charge in [0, 0.05) is 76.1 Å². The van der Waals surface area contributed by atoms with E-state index in [1.54, 1.807) is 35.9 Å². The van der Waals surface area contributed by atoms with Gasteiger partial charge in [-0.25, -0.2) is 4.98 Å². The van der Waals surface area contributed by atoms with E-state index in [1.165, 1.54) is 25.7 Å². The smallest absolute Gasteiger partial charge is 0.416 e. The first-order chi connectivity index (χ1) is 25.0. The largest absolute Gasteiger partial charge is 0.481 e. The minimum atomic E-state index is -5.02. The van der Waals surface area contributed by atoms with E-state index in [-0.39, 0.29) is 42.4 Å². The van der Waals surface area contributed by atoms with Crippen LogP contribution in [0.1, 0.15) is 48.4 Å². The third kappa shape index (κ3) is 9.58. The monoisotopic (exact) mass is 771 g/mol. The number of alkyl halides is 6. The molecule has 288 valence electrons. The van der Waals surface area contributed by atoms with Crippen molar-refractivity contribution in [2.75, 3.05) is 43.2 Å². The molecule has 12 nitrogen and oxygen atoms in total. The van der Waals surface area contributed by atoms with Crippen molar-refractivity contribution in [3.63, 3.8) is 0 Å². The Labute approximate surface area is 306 Å². The molecule has 0 aliphatic carbocycles. The summed E-state index contributed by atoms with van der Waals surface area (Å²) in [6.07, 6.45) is -2.07. The van der Waals surface area contributed by atoms with Gasteiger partial charge in [0.15, 0.2) is 5.82 Å². The van der Waals surface area contributed by atoms with Crippen LogP contribution >= 0.6 is 11.6 Å². The molecule has 5 rings (SSSR count). The Balaban J connectivity index is 1.51. The summed E-state index contributed by atoms with van der Waals surface area (Å²) in [6, 6.07) is 0.700. The summed E-state index contributed by atoms with van der Waals surface area (Å²) in [5, 5.41) is 13.8. The van der Waals surface area contributed by atoms with E-state index in [0.717, 1.165) is 12.1 Å². The molecule has 0 saturated carbocycles. The molecule has 0 radical (unpaired) electrons. The summed E-state index contributed by atoms with van der Waals surface area (Å²) in [5.74, 6) is -0.615. The Hall–Kier alpha value is -4.42. The maximum Gasteiger partial charge on any atom is 0.416 e. The summed E-state index contributed by atoms with van der Waals surface area (Å²) < 4.78 is 90.4. The molecule has 3 unspecified atom stereocenters. The number of aryl methyl sites for hydroxylation is 1. The highest BCUT2D eigenvalue weighted by Gasteiger charge is 2.41. The zero-order valence-electron chi connectivity index (χ0n) is 29.1. The predicted octanol–water partition coefficient (Wildman–Crippen LogP) is 5.71. The SMILES string of the molecule is COCC1CC(N(Cc2cc(C(F)(F)F)cc(C(F)(F)F)c2)C(C)N=C/C(=C\N)c2cnn(C)c2)CN1c1nc(N2CCC(C(=O)O)CC2)ncc1Cl. The number of nitrogens with two attached hydrogens (primary N) is 1.